The van der Waals surface area contributed by atoms with Gasteiger partial charge >= 0.3 is 0 Å². The highest BCUT2D eigenvalue weighted by Gasteiger charge is 2.06. The summed E-state index contributed by atoms with van der Waals surface area (Å²) < 4.78 is 5.13. The van der Waals surface area contributed by atoms with Crippen molar-refractivity contribution in [3.8, 4) is 0 Å². The fourth-order valence-electron chi connectivity index (χ4n) is 1.26. The van der Waals surface area contributed by atoms with E-state index in [-0.39, 0.29) is 12.5 Å². The Morgan fingerprint density at radius 3 is 2.69 bits per heavy atom. The van der Waals surface area contributed by atoms with Crippen molar-refractivity contribution in [1.29, 1.82) is 0 Å². The lowest BCUT2D eigenvalue weighted by Gasteiger charge is -2.01. The Balaban J connectivity index is 1.94. The van der Waals surface area contributed by atoms with Gasteiger partial charge in [0.2, 0.25) is 11.8 Å². The summed E-state index contributed by atoms with van der Waals surface area (Å²) in [5.41, 5.74) is 0.610. The van der Waals surface area contributed by atoms with Crippen LogP contribution < -0.4 is 5.32 Å². The summed E-state index contributed by atoms with van der Waals surface area (Å²) in [6.07, 6.45) is 0. The zero-order chi connectivity index (χ0) is 11.4. The van der Waals surface area contributed by atoms with Crippen LogP contribution in [0.3, 0.4) is 0 Å². The fourth-order valence-corrected chi connectivity index (χ4v) is 1.26. The number of hydrogen-bond donors (Lipinski definition) is 1. The van der Waals surface area contributed by atoms with E-state index in [4.69, 9.17) is 4.42 Å². The maximum absolute atomic E-state index is 11.6. The zero-order valence-corrected chi connectivity index (χ0v) is 8.80. The second-order valence-electron chi connectivity index (χ2n) is 3.26. The molecule has 0 unspecified atom stereocenters. The molecule has 1 aromatic heterocycles. The van der Waals surface area contributed by atoms with Gasteiger partial charge in [0.25, 0.3) is 5.91 Å². The van der Waals surface area contributed by atoms with E-state index in [2.05, 4.69) is 15.5 Å². The van der Waals surface area contributed by atoms with Gasteiger partial charge in [-0.25, -0.2) is 0 Å². The van der Waals surface area contributed by atoms with E-state index in [0.29, 0.717) is 17.3 Å². The van der Waals surface area contributed by atoms with Crippen molar-refractivity contribution in [2.45, 2.75) is 13.5 Å². The third kappa shape index (κ3) is 2.44. The molecule has 0 fully saturated rings. The van der Waals surface area contributed by atoms with Gasteiger partial charge in [-0.1, -0.05) is 18.2 Å². The minimum Gasteiger partial charge on any atom is -0.424 e. The van der Waals surface area contributed by atoms with Crippen molar-refractivity contribution in [2.24, 2.45) is 0 Å². The predicted molar refractivity (Wildman–Crippen MR) is 56.6 cm³/mol. The maximum Gasteiger partial charge on any atom is 0.251 e. The Morgan fingerprint density at radius 2 is 2.06 bits per heavy atom. The van der Waals surface area contributed by atoms with Gasteiger partial charge in [-0.3, -0.25) is 4.79 Å². The number of nitrogens with zero attached hydrogens (tertiary/aromatic N) is 2. The summed E-state index contributed by atoms with van der Waals surface area (Å²) >= 11 is 0. The van der Waals surface area contributed by atoms with E-state index in [1.807, 2.05) is 18.2 Å². The predicted octanol–water partition coefficient (Wildman–Crippen LogP) is 1.31. The van der Waals surface area contributed by atoms with Crippen molar-refractivity contribution in [3.05, 3.63) is 47.7 Å². The standard InChI is InChI=1S/C11H11N3O2/c1-8-13-14-10(16-8)7-12-11(15)9-5-3-2-4-6-9/h2-6H,7H2,1H3,(H,12,15). The van der Waals surface area contributed by atoms with E-state index >= 15 is 0 Å². The van der Waals surface area contributed by atoms with Gasteiger partial charge in [0.15, 0.2) is 0 Å². The van der Waals surface area contributed by atoms with Crippen molar-refractivity contribution in [3.63, 3.8) is 0 Å². The largest absolute Gasteiger partial charge is 0.424 e. The summed E-state index contributed by atoms with van der Waals surface area (Å²) in [4.78, 5) is 11.6. The number of benzene rings is 1. The Kier molecular flexibility index (Phi) is 2.95. The molecule has 0 saturated carbocycles. The first kappa shape index (κ1) is 10.4. The maximum atomic E-state index is 11.6. The number of carbonyl (C=O) groups excluding carboxylic acids is 1. The molecule has 0 spiro atoms. The molecule has 0 atom stereocenters. The number of hydrogen-bond acceptors (Lipinski definition) is 4. The summed E-state index contributed by atoms with van der Waals surface area (Å²) in [6, 6.07) is 8.97. The summed E-state index contributed by atoms with van der Waals surface area (Å²) in [6.45, 7) is 1.95. The number of carbonyl (C=O) groups is 1. The molecule has 1 heterocycles. The molecule has 0 aliphatic rings. The summed E-state index contributed by atoms with van der Waals surface area (Å²) in [5, 5.41) is 10.1. The molecule has 1 amide bonds. The molecule has 5 heteroatoms. The van der Waals surface area contributed by atoms with Crippen LogP contribution in [0.15, 0.2) is 34.7 Å². The lowest BCUT2D eigenvalue weighted by atomic mass is 10.2. The molecular formula is C11H11N3O2. The minimum absolute atomic E-state index is 0.156. The minimum atomic E-state index is -0.156. The van der Waals surface area contributed by atoms with E-state index in [1.54, 1.807) is 19.1 Å². The zero-order valence-electron chi connectivity index (χ0n) is 8.80. The second kappa shape index (κ2) is 4.57. The van der Waals surface area contributed by atoms with Gasteiger partial charge in [0.1, 0.15) is 0 Å². The van der Waals surface area contributed by atoms with E-state index in [1.165, 1.54) is 0 Å². The van der Waals surface area contributed by atoms with Crippen LogP contribution in [0.5, 0.6) is 0 Å². The fraction of sp³-hybridized carbons (Fsp3) is 0.182. The number of nitrogens with one attached hydrogen (secondary N) is 1. The van der Waals surface area contributed by atoms with Crippen LogP contribution in [0.25, 0.3) is 0 Å². The molecule has 0 saturated heterocycles. The average molecular weight is 217 g/mol. The molecule has 0 radical (unpaired) electrons. The van der Waals surface area contributed by atoms with E-state index < -0.39 is 0 Å². The Bertz CT molecular complexity index is 479. The molecule has 0 aliphatic heterocycles. The van der Waals surface area contributed by atoms with E-state index in [9.17, 15) is 4.79 Å². The highest BCUT2D eigenvalue weighted by atomic mass is 16.4. The molecule has 0 bridgehead atoms. The van der Waals surface area contributed by atoms with Gasteiger partial charge in [-0.15, -0.1) is 10.2 Å². The van der Waals surface area contributed by atoms with Crippen LogP contribution in [-0.4, -0.2) is 16.1 Å². The summed E-state index contributed by atoms with van der Waals surface area (Å²) in [7, 11) is 0. The van der Waals surface area contributed by atoms with Crippen molar-refractivity contribution in [2.75, 3.05) is 0 Å². The van der Waals surface area contributed by atoms with Crippen LogP contribution in [0.1, 0.15) is 22.1 Å². The number of amides is 1. The molecule has 1 N–H and O–H groups in total. The van der Waals surface area contributed by atoms with Crippen LogP contribution in [0.2, 0.25) is 0 Å². The van der Waals surface area contributed by atoms with Gasteiger partial charge < -0.3 is 9.73 Å². The first-order chi connectivity index (χ1) is 7.75. The normalized spacial score (nSPS) is 10.1. The lowest BCUT2D eigenvalue weighted by molar-refractivity contribution is 0.0947. The van der Waals surface area contributed by atoms with Gasteiger partial charge in [0.05, 0.1) is 6.54 Å². The Labute approximate surface area is 92.5 Å². The first-order valence-electron chi connectivity index (χ1n) is 4.88. The molecule has 82 valence electrons. The highest BCUT2D eigenvalue weighted by molar-refractivity contribution is 5.93. The molecule has 2 rings (SSSR count). The van der Waals surface area contributed by atoms with Crippen LogP contribution in [0, 0.1) is 6.92 Å². The second-order valence-corrected chi connectivity index (χ2v) is 3.26. The smallest absolute Gasteiger partial charge is 0.251 e. The van der Waals surface area contributed by atoms with Crippen LogP contribution in [-0.2, 0) is 6.54 Å². The van der Waals surface area contributed by atoms with Gasteiger partial charge in [0, 0.05) is 12.5 Å². The first-order valence-corrected chi connectivity index (χ1v) is 4.88. The van der Waals surface area contributed by atoms with Crippen molar-refractivity contribution in [1.82, 2.24) is 15.5 Å². The van der Waals surface area contributed by atoms with Crippen molar-refractivity contribution >= 4 is 5.91 Å². The van der Waals surface area contributed by atoms with Gasteiger partial charge in [-0.05, 0) is 12.1 Å². The molecule has 1 aromatic carbocycles. The number of rotatable bonds is 3. The lowest BCUT2D eigenvalue weighted by Crippen LogP contribution is -2.22. The third-order valence-corrected chi connectivity index (χ3v) is 2.00. The SMILES string of the molecule is Cc1nnc(CNC(=O)c2ccccc2)o1. The average Bonchev–Trinajstić information content (AvgIpc) is 2.73. The van der Waals surface area contributed by atoms with Crippen LogP contribution in [0.4, 0.5) is 0 Å². The molecule has 16 heavy (non-hydrogen) atoms. The van der Waals surface area contributed by atoms with Crippen LogP contribution >= 0.6 is 0 Å². The Morgan fingerprint density at radius 1 is 1.31 bits per heavy atom. The number of aromatic nitrogens is 2. The molecular weight excluding hydrogens is 206 g/mol. The molecule has 5 nitrogen and oxygen atoms in total. The third-order valence-electron chi connectivity index (χ3n) is 2.00. The monoisotopic (exact) mass is 217 g/mol. The number of aryl methyl sites for hydroxylation is 1. The van der Waals surface area contributed by atoms with Crippen molar-refractivity contribution < 1.29 is 9.21 Å². The quantitative estimate of drug-likeness (QED) is 0.841. The van der Waals surface area contributed by atoms with E-state index in [0.717, 1.165) is 0 Å². The topological polar surface area (TPSA) is 68.0 Å². The molecule has 0 aliphatic carbocycles. The summed E-state index contributed by atoms with van der Waals surface area (Å²) in [5.74, 6) is 0.738. The molecule has 2 aromatic rings. The highest BCUT2D eigenvalue weighted by Crippen LogP contribution is 2.00. The van der Waals surface area contributed by atoms with Gasteiger partial charge in [-0.2, -0.15) is 0 Å². The Hall–Kier alpha value is -2.17.